The molecule has 4 atom stereocenters. The Morgan fingerprint density at radius 3 is 2.45 bits per heavy atom. The number of fused-ring (bicyclic) bond motifs is 1. The van der Waals surface area contributed by atoms with Gasteiger partial charge in [0.2, 0.25) is 0 Å². The molecule has 1 saturated heterocycles. The van der Waals surface area contributed by atoms with Gasteiger partial charge in [0.05, 0.1) is 33.9 Å². The van der Waals surface area contributed by atoms with Crippen molar-refractivity contribution >= 4 is 20.9 Å². The molecule has 196 valence electrons. The highest BCUT2D eigenvalue weighted by molar-refractivity contribution is 7.90. The third-order valence-electron chi connectivity index (χ3n) is 6.74. The monoisotopic (exact) mass is 530 g/mol. The van der Waals surface area contributed by atoms with Crippen LogP contribution in [-0.4, -0.2) is 48.6 Å². The van der Waals surface area contributed by atoms with Crippen LogP contribution < -0.4 is 5.73 Å². The first-order chi connectivity index (χ1) is 18.3. The van der Waals surface area contributed by atoms with E-state index in [1.165, 1.54) is 3.97 Å². The van der Waals surface area contributed by atoms with E-state index in [1.807, 2.05) is 55.5 Å². The van der Waals surface area contributed by atoms with Crippen LogP contribution in [0.4, 0.5) is 0 Å². The summed E-state index contributed by atoms with van der Waals surface area (Å²) in [5.41, 5.74) is 9.33. The van der Waals surface area contributed by atoms with Crippen molar-refractivity contribution in [3.8, 4) is 23.1 Å². The number of ether oxygens (including phenoxy) is 2. The summed E-state index contributed by atoms with van der Waals surface area (Å²) in [5, 5.41) is 10.7. The van der Waals surface area contributed by atoms with Gasteiger partial charge in [0, 0.05) is 23.4 Å². The first-order valence-electron chi connectivity index (χ1n) is 12.5. The molecule has 2 heterocycles. The van der Waals surface area contributed by atoms with Crippen LogP contribution in [0.25, 0.3) is 22.2 Å². The van der Waals surface area contributed by atoms with E-state index in [-0.39, 0.29) is 11.5 Å². The average Bonchev–Trinajstić information content (AvgIpc) is 3.25. The van der Waals surface area contributed by atoms with E-state index >= 15 is 0 Å². The number of aryl methyl sites for hydroxylation is 1. The van der Waals surface area contributed by atoms with Gasteiger partial charge in [-0.25, -0.2) is 12.4 Å². The van der Waals surface area contributed by atoms with E-state index in [4.69, 9.17) is 15.2 Å². The number of hydrogen-bond acceptors (Lipinski definition) is 6. The summed E-state index contributed by atoms with van der Waals surface area (Å²) < 4.78 is 40.9. The van der Waals surface area contributed by atoms with Gasteiger partial charge in [-0.3, -0.25) is 0 Å². The Kier molecular flexibility index (Phi) is 7.39. The fourth-order valence-electron chi connectivity index (χ4n) is 4.71. The zero-order valence-corrected chi connectivity index (χ0v) is 22.1. The van der Waals surface area contributed by atoms with E-state index in [1.54, 1.807) is 37.3 Å². The molecule has 3 N–H and O–H groups in total. The zero-order chi connectivity index (χ0) is 26.9. The largest absolute Gasteiger partial charge is 0.389 e. The minimum absolute atomic E-state index is 0.0542. The van der Waals surface area contributed by atoms with Crippen molar-refractivity contribution in [3.05, 3.63) is 90.0 Å². The van der Waals surface area contributed by atoms with Crippen LogP contribution in [0.15, 0.2) is 83.8 Å². The molecule has 0 amide bonds. The normalized spacial score (nSPS) is 21.7. The topological polar surface area (TPSA) is 104 Å². The van der Waals surface area contributed by atoms with Crippen LogP contribution in [-0.2, 0) is 19.5 Å². The molecule has 3 aromatic carbocycles. The van der Waals surface area contributed by atoms with Gasteiger partial charge in [-0.15, -0.1) is 0 Å². The van der Waals surface area contributed by atoms with Gasteiger partial charge >= 0.3 is 0 Å². The molecule has 0 bridgehead atoms. The molecule has 1 fully saturated rings. The molecular weight excluding hydrogens is 500 g/mol. The lowest BCUT2D eigenvalue weighted by atomic mass is 10.0. The highest BCUT2D eigenvalue weighted by Gasteiger charge is 2.33. The van der Waals surface area contributed by atoms with Gasteiger partial charge in [0.25, 0.3) is 10.0 Å². The second-order valence-electron chi connectivity index (χ2n) is 9.46. The summed E-state index contributed by atoms with van der Waals surface area (Å²) in [6.07, 6.45) is -1.40. The van der Waals surface area contributed by atoms with E-state index in [0.29, 0.717) is 23.2 Å². The molecule has 8 heteroatoms. The molecule has 1 aliphatic rings. The van der Waals surface area contributed by atoms with Crippen molar-refractivity contribution in [2.24, 2.45) is 5.73 Å². The number of benzene rings is 3. The Morgan fingerprint density at radius 2 is 1.74 bits per heavy atom. The summed E-state index contributed by atoms with van der Waals surface area (Å²) in [7, 11) is -3.95. The van der Waals surface area contributed by atoms with Crippen molar-refractivity contribution in [1.29, 1.82) is 0 Å². The minimum atomic E-state index is -3.95. The van der Waals surface area contributed by atoms with Crippen molar-refractivity contribution in [2.75, 3.05) is 6.61 Å². The summed E-state index contributed by atoms with van der Waals surface area (Å²) >= 11 is 0. The number of para-hydroxylation sites is 1. The lowest BCUT2D eigenvalue weighted by Gasteiger charge is -2.35. The maximum absolute atomic E-state index is 14.0. The van der Waals surface area contributed by atoms with Crippen LogP contribution >= 0.6 is 0 Å². The lowest BCUT2D eigenvalue weighted by Crippen LogP contribution is -2.51. The van der Waals surface area contributed by atoms with E-state index in [9.17, 15) is 13.5 Å². The standard InChI is InChI=1S/C30H30N2O5S/c1-20-14-16-23(17-15-20)38(34,35)32-27-13-7-6-11-24(27)25(29(32)22-9-4-3-5-10-22)12-8-18-36-28-19-26(31)30(33)21(2)37-28/h3-7,9-11,13-17,21,26,28,30,33H,18-19,31H2,1-2H3/t21-,26-,28+,30+/m0/s1. The Balaban J connectivity index is 1.59. The molecule has 0 aliphatic carbocycles. The van der Waals surface area contributed by atoms with Gasteiger partial charge < -0.3 is 20.3 Å². The van der Waals surface area contributed by atoms with Gasteiger partial charge in [-0.05, 0) is 32.0 Å². The smallest absolute Gasteiger partial charge is 0.268 e. The number of nitrogens with zero attached hydrogens (tertiary/aromatic N) is 1. The molecule has 0 spiro atoms. The van der Waals surface area contributed by atoms with Crippen LogP contribution in [0, 0.1) is 18.8 Å². The van der Waals surface area contributed by atoms with Crippen molar-refractivity contribution in [3.63, 3.8) is 0 Å². The van der Waals surface area contributed by atoms with Gasteiger partial charge in [0.1, 0.15) is 6.61 Å². The van der Waals surface area contributed by atoms with E-state index in [2.05, 4.69) is 11.8 Å². The molecular formula is C30H30N2O5S. The van der Waals surface area contributed by atoms with Crippen LogP contribution in [0.2, 0.25) is 0 Å². The first kappa shape index (κ1) is 26.2. The Hall–Kier alpha value is -3.45. The predicted molar refractivity (Wildman–Crippen MR) is 147 cm³/mol. The minimum Gasteiger partial charge on any atom is -0.389 e. The summed E-state index contributed by atoms with van der Waals surface area (Å²) in [6, 6.07) is 23.1. The Labute approximate surface area is 222 Å². The zero-order valence-electron chi connectivity index (χ0n) is 21.2. The van der Waals surface area contributed by atoms with Gasteiger partial charge in [-0.2, -0.15) is 0 Å². The van der Waals surface area contributed by atoms with Crippen molar-refractivity contribution in [2.45, 2.75) is 49.7 Å². The van der Waals surface area contributed by atoms with Crippen LogP contribution in [0.5, 0.6) is 0 Å². The number of aliphatic hydroxyl groups is 1. The molecule has 7 nitrogen and oxygen atoms in total. The van der Waals surface area contributed by atoms with E-state index in [0.717, 1.165) is 16.5 Å². The third-order valence-corrected chi connectivity index (χ3v) is 8.47. The fourth-order valence-corrected chi connectivity index (χ4v) is 6.26. The molecule has 38 heavy (non-hydrogen) atoms. The van der Waals surface area contributed by atoms with Crippen molar-refractivity contribution < 1.29 is 23.0 Å². The second kappa shape index (κ2) is 10.7. The molecule has 5 rings (SSSR count). The molecule has 0 saturated carbocycles. The number of nitrogens with two attached hydrogens (primary N) is 1. The summed E-state index contributed by atoms with van der Waals surface area (Å²) in [4.78, 5) is 0.200. The maximum Gasteiger partial charge on any atom is 0.268 e. The summed E-state index contributed by atoms with van der Waals surface area (Å²) in [5.74, 6) is 6.22. The SMILES string of the molecule is Cc1ccc(S(=O)(=O)n2c(-c3ccccc3)c(C#CCO[C@H]3C[C@H](N)[C@H](O)[C@H](C)O3)c3ccccc32)cc1. The second-order valence-corrected chi connectivity index (χ2v) is 11.2. The highest BCUT2D eigenvalue weighted by atomic mass is 32.2. The Morgan fingerprint density at radius 1 is 1.05 bits per heavy atom. The molecule has 1 aliphatic heterocycles. The maximum atomic E-state index is 14.0. The average molecular weight is 531 g/mol. The number of rotatable bonds is 5. The van der Waals surface area contributed by atoms with Crippen LogP contribution in [0.1, 0.15) is 24.5 Å². The quantitative estimate of drug-likeness (QED) is 0.378. The molecule has 0 radical (unpaired) electrons. The predicted octanol–water partition coefficient (Wildman–Crippen LogP) is 4.04. The van der Waals surface area contributed by atoms with Crippen LogP contribution in [0.3, 0.4) is 0 Å². The first-order valence-corrected chi connectivity index (χ1v) is 13.9. The number of aromatic nitrogens is 1. The number of hydrogen-bond donors (Lipinski definition) is 2. The lowest BCUT2D eigenvalue weighted by molar-refractivity contribution is -0.217. The van der Waals surface area contributed by atoms with Gasteiger partial charge in [0.15, 0.2) is 6.29 Å². The molecule has 1 aromatic heterocycles. The van der Waals surface area contributed by atoms with Gasteiger partial charge in [-0.1, -0.05) is 78.1 Å². The molecule has 4 aromatic rings. The molecule has 0 unspecified atom stereocenters. The third kappa shape index (κ3) is 4.99. The number of aliphatic hydroxyl groups excluding tert-OH is 1. The Bertz CT molecular complexity index is 1590. The highest BCUT2D eigenvalue weighted by Crippen LogP contribution is 2.36. The van der Waals surface area contributed by atoms with E-state index < -0.39 is 34.6 Å². The van der Waals surface area contributed by atoms with Crippen molar-refractivity contribution in [1.82, 2.24) is 3.97 Å². The summed E-state index contributed by atoms with van der Waals surface area (Å²) in [6.45, 7) is 3.72. The fraction of sp³-hybridized carbons (Fsp3) is 0.267.